The minimum atomic E-state index is -0.779. The highest BCUT2D eigenvalue weighted by Gasteiger charge is 2.34. The first-order chi connectivity index (χ1) is 8.01. The smallest absolute Gasteiger partial charge is 0.331 e. The van der Waals surface area contributed by atoms with E-state index in [2.05, 4.69) is 15.3 Å². The number of aromatic nitrogens is 2. The predicted octanol–water partition coefficient (Wildman–Crippen LogP) is 1.93. The highest BCUT2D eigenvalue weighted by Crippen LogP contribution is 2.19. The first kappa shape index (κ1) is 13.4. The third-order valence-electron chi connectivity index (χ3n) is 2.55. The number of rotatable bonds is 5. The van der Waals surface area contributed by atoms with Gasteiger partial charge in [-0.1, -0.05) is 13.3 Å². The van der Waals surface area contributed by atoms with Gasteiger partial charge in [-0.3, -0.25) is 0 Å². The SMILES string of the molecule is CCCC(C)(Nc1ncc(C)cn1)C(=O)OC. The maximum absolute atomic E-state index is 11.8. The first-order valence-electron chi connectivity index (χ1n) is 5.67. The molecule has 0 aliphatic rings. The summed E-state index contributed by atoms with van der Waals surface area (Å²) >= 11 is 0. The van der Waals surface area contributed by atoms with Crippen molar-refractivity contribution in [3.63, 3.8) is 0 Å². The Morgan fingerprint density at radius 2 is 2.06 bits per heavy atom. The van der Waals surface area contributed by atoms with Crippen molar-refractivity contribution in [1.82, 2.24) is 9.97 Å². The molecular formula is C12H19N3O2. The molecule has 0 fully saturated rings. The van der Waals surface area contributed by atoms with E-state index < -0.39 is 5.54 Å². The Bertz CT molecular complexity index is 378. The fraction of sp³-hybridized carbons (Fsp3) is 0.583. The van der Waals surface area contributed by atoms with Crippen LogP contribution in [-0.2, 0) is 9.53 Å². The van der Waals surface area contributed by atoms with Crippen LogP contribution in [0.1, 0.15) is 32.3 Å². The van der Waals surface area contributed by atoms with Gasteiger partial charge in [0.25, 0.3) is 0 Å². The normalized spacial score (nSPS) is 13.9. The van der Waals surface area contributed by atoms with Crippen LogP contribution in [-0.4, -0.2) is 28.6 Å². The molecule has 5 nitrogen and oxygen atoms in total. The molecule has 0 radical (unpaired) electrons. The molecule has 1 heterocycles. The van der Waals surface area contributed by atoms with Crippen molar-refractivity contribution in [2.24, 2.45) is 0 Å². The number of esters is 1. The van der Waals surface area contributed by atoms with Crippen LogP contribution in [0.25, 0.3) is 0 Å². The van der Waals surface area contributed by atoms with Crippen LogP contribution in [0.5, 0.6) is 0 Å². The molecule has 0 aromatic carbocycles. The number of nitrogens with zero attached hydrogens (tertiary/aromatic N) is 2. The van der Waals surface area contributed by atoms with Crippen LogP contribution in [0.2, 0.25) is 0 Å². The number of aryl methyl sites for hydroxylation is 1. The minimum absolute atomic E-state index is 0.302. The third kappa shape index (κ3) is 3.41. The topological polar surface area (TPSA) is 64.1 Å². The van der Waals surface area contributed by atoms with Gasteiger partial charge in [-0.2, -0.15) is 0 Å². The van der Waals surface area contributed by atoms with Crippen molar-refractivity contribution in [3.05, 3.63) is 18.0 Å². The van der Waals surface area contributed by atoms with E-state index in [0.717, 1.165) is 12.0 Å². The lowest BCUT2D eigenvalue weighted by Gasteiger charge is -2.27. The molecule has 1 aromatic heterocycles. The summed E-state index contributed by atoms with van der Waals surface area (Å²) in [6, 6.07) is 0. The second-order valence-electron chi connectivity index (χ2n) is 4.28. The van der Waals surface area contributed by atoms with Crippen LogP contribution in [0.3, 0.4) is 0 Å². The molecule has 0 saturated heterocycles. The minimum Gasteiger partial charge on any atom is -0.467 e. The number of anilines is 1. The van der Waals surface area contributed by atoms with Gasteiger partial charge in [-0.25, -0.2) is 14.8 Å². The molecule has 0 saturated carbocycles. The lowest BCUT2D eigenvalue weighted by atomic mass is 9.96. The highest BCUT2D eigenvalue weighted by atomic mass is 16.5. The van der Waals surface area contributed by atoms with E-state index >= 15 is 0 Å². The Morgan fingerprint density at radius 3 is 2.53 bits per heavy atom. The van der Waals surface area contributed by atoms with Gasteiger partial charge in [0.1, 0.15) is 5.54 Å². The van der Waals surface area contributed by atoms with Crippen LogP contribution < -0.4 is 5.32 Å². The molecule has 1 aromatic rings. The van der Waals surface area contributed by atoms with Crippen molar-refractivity contribution in [2.75, 3.05) is 12.4 Å². The van der Waals surface area contributed by atoms with Crippen LogP contribution in [0.15, 0.2) is 12.4 Å². The fourth-order valence-corrected chi connectivity index (χ4v) is 1.64. The first-order valence-corrected chi connectivity index (χ1v) is 5.67. The summed E-state index contributed by atoms with van der Waals surface area (Å²) in [6.07, 6.45) is 4.94. The van der Waals surface area contributed by atoms with E-state index in [4.69, 9.17) is 4.74 Å². The van der Waals surface area contributed by atoms with E-state index in [1.165, 1.54) is 7.11 Å². The average Bonchev–Trinajstić information content (AvgIpc) is 2.31. The summed E-state index contributed by atoms with van der Waals surface area (Å²) in [5.74, 6) is 0.139. The number of nitrogens with one attached hydrogen (secondary N) is 1. The quantitative estimate of drug-likeness (QED) is 0.793. The van der Waals surface area contributed by atoms with Gasteiger partial charge < -0.3 is 10.1 Å². The van der Waals surface area contributed by atoms with Gasteiger partial charge in [0, 0.05) is 12.4 Å². The lowest BCUT2D eigenvalue weighted by Crippen LogP contribution is -2.44. The number of hydrogen-bond donors (Lipinski definition) is 1. The molecule has 1 N–H and O–H groups in total. The summed E-state index contributed by atoms with van der Waals surface area (Å²) < 4.78 is 4.81. The maximum atomic E-state index is 11.8. The molecule has 0 aliphatic carbocycles. The standard InChI is InChI=1S/C12H19N3O2/c1-5-6-12(3,10(16)17-4)15-11-13-7-9(2)8-14-11/h7-8H,5-6H2,1-4H3,(H,13,14,15). The van der Waals surface area contributed by atoms with E-state index in [-0.39, 0.29) is 5.97 Å². The number of hydrogen-bond acceptors (Lipinski definition) is 5. The van der Waals surface area contributed by atoms with Crippen LogP contribution >= 0.6 is 0 Å². The Labute approximate surface area is 102 Å². The lowest BCUT2D eigenvalue weighted by molar-refractivity contribution is -0.145. The van der Waals surface area contributed by atoms with Gasteiger partial charge in [-0.15, -0.1) is 0 Å². The second-order valence-corrected chi connectivity index (χ2v) is 4.28. The fourth-order valence-electron chi connectivity index (χ4n) is 1.64. The van der Waals surface area contributed by atoms with Crippen LogP contribution in [0, 0.1) is 6.92 Å². The summed E-state index contributed by atoms with van der Waals surface area (Å²) in [4.78, 5) is 20.0. The zero-order chi connectivity index (χ0) is 12.9. The van der Waals surface area contributed by atoms with E-state index in [9.17, 15) is 4.79 Å². The van der Waals surface area contributed by atoms with Gasteiger partial charge in [0.05, 0.1) is 7.11 Å². The van der Waals surface area contributed by atoms with Crippen molar-refractivity contribution in [2.45, 2.75) is 39.2 Å². The summed E-state index contributed by atoms with van der Waals surface area (Å²) in [5, 5.41) is 3.04. The molecule has 0 aliphatic heterocycles. The molecule has 0 spiro atoms. The zero-order valence-electron chi connectivity index (χ0n) is 10.8. The van der Waals surface area contributed by atoms with Crippen molar-refractivity contribution in [3.8, 4) is 0 Å². The molecule has 1 atom stereocenters. The van der Waals surface area contributed by atoms with Crippen LogP contribution in [0.4, 0.5) is 5.95 Å². The molecule has 0 bridgehead atoms. The Hall–Kier alpha value is -1.65. The van der Waals surface area contributed by atoms with Crippen molar-refractivity contribution < 1.29 is 9.53 Å². The largest absolute Gasteiger partial charge is 0.467 e. The molecule has 0 amide bonds. The van der Waals surface area contributed by atoms with Gasteiger partial charge in [0.15, 0.2) is 0 Å². The molecule has 5 heteroatoms. The van der Waals surface area contributed by atoms with Gasteiger partial charge in [-0.05, 0) is 25.8 Å². The van der Waals surface area contributed by atoms with Gasteiger partial charge >= 0.3 is 5.97 Å². The maximum Gasteiger partial charge on any atom is 0.331 e. The molecule has 17 heavy (non-hydrogen) atoms. The highest BCUT2D eigenvalue weighted by molar-refractivity contribution is 5.83. The Kier molecular flexibility index (Phi) is 4.43. The number of carbonyl (C=O) groups excluding carboxylic acids is 1. The summed E-state index contributed by atoms with van der Waals surface area (Å²) in [6.45, 7) is 5.72. The number of carbonyl (C=O) groups is 1. The molecule has 1 unspecified atom stereocenters. The van der Waals surface area contributed by atoms with Crippen molar-refractivity contribution >= 4 is 11.9 Å². The Morgan fingerprint density at radius 1 is 1.47 bits per heavy atom. The van der Waals surface area contributed by atoms with Crippen molar-refractivity contribution in [1.29, 1.82) is 0 Å². The number of methoxy groups -OCH3 is 1. The second kappa shape index (κ2) is 5.61. The predicted molar refractivity (Wildman–Crippen MR) is 65.7 cm³/mol. The van der Waals surface area contributed by atoms with Gasteiger partial charge in [0.2, 0.25) is 5.95 Å². The monoisotopic (exact) mass is 237 g/mol. The average molecular weight is 237 g/mol. The number of ether oxygens (including phenoxy) is 1. The molecule has 1 rings (SSSR count). The summed E-state index contributed by atoms with van der Waals surface area (Å²) in [5.41, 5.74) is 0.199. The van der Waals surface area contributed by atoms with E-state index in [1.54, 1.807) is 19.3 Å². The van der Waals surface area contributed by atoms with E-state index in [1.807, 2.05) is 13.8 Å². The third-order valence-corrected chi connectivity index (χ3v) is 2.55. The molecular weight excluding hydrogens is 218 g/mol. The molecule has 94 valence electrons. The van der Waals surface area contributed by atoms with E-state index in [0.29, 0.717) is 12.4 Å². The summed E-state index contributed by atoms with van der Waals surface area (Å²) in [7, 11) is 1.38. The Balaban J connectivity index is 2.86. The zero-order valence-corrected chi connectivity index (χ0v) is 10.8.